The highest BCUT2D eigenvalue weighted by Gasteiger charge is 2.47. The van der Waals surface area contributed by atoms with Crippen molar-refractivity contribution in [3.63, 3.8) is 0 Å². The van der Waals surface area contributed by atoms with Gasteiger partial charge in [0.25, 0.3) is 0 Å². The first-order valence-corrected chi connectivity index (χ1v) is 7.46. The normalized spacial score (nSPS) is 15.0. The van der Waals surface area contributed by atoms with Gasteiger partial charge in [-0.2, -0.15) is 0 Å². The fraction of sp³-hybridized carbons (Fsp3) is 0.867. The quantitative estimate of drug-likeness (QED) is 0.352. The van der Waals surface area contributed by atoms with E-state index in [0.717, 1.165) is 0 Å². The maximum Gasteiger partial charge on any atom is 0.419 e. The second-order valence-corrected chi connectivity index (χ2v) is 7.94. The van der Waals surface area contributed by atoms with Crippen molar-refractivity contribution in [3.8, 4) is 0 Å². The van der Waals surface area contributed by atoms with E-state index < -0.39 is 11.5 Å². The summed E-state index contributed by atoms with van der Waals surface area (Å²) >= 11 is 3.37. The van der Waals surface area contributed by atoms with Crippen molar-refractivity contribution in [2.75, 3.05) is 13.2 Å². The molecule has 0 aromatic heterocycles. The predicted octanol–water partition coefficient (Wildman–Crippen LogP) is 3.59. The van der Waals surface area contributed by atoms with E-state index in [2.05, 4.69) is 43.2 Å². The van der Waals surface area contributed by atoms with Gasteiger partial charge >= 0.3 is 12.1 Å². The van der Waals surface area contributed by atoms with Crippen molar-refractivity contribution in [2.24, 2.45) is 16.2 Å². The Morgan fingerprint density at radius 2 is 1.57 bits per heavy atom. The van der Waals surface area contributed by atoms with E-state index in [-0.39, 0.29) is 30.0 Å². The molecule has 5 nitrogen and oxygen atoms in total. The number of hydrogen-bond donors (Lipinski definition) is 2. The third kappa shape index (κ3) is 6.59. The molecule has 0 saturated heterocycles. The Bertz CT molecular complexity index is 371. The number of carbonyl (C=O) groups excluding carboxylic acids is 2. The first kappa shape index (κ1) is 20.1. The number of rotatable bonds is 5. The summed E-state index contributed by atoms with van der Waals surface area (Å²) < 4.78 is 9.49. The smallest absolute Gasteiger partial charge is 0.419 e. The highest BCUT2D eigenvalue weighted by Crippen LogP contribution is 2.47. The van der Waals surface area contributed by atoms with Gasteiger partial charge in [0.15, 0.2) is 0 Å². The van der Waals surface area contributed by atoms with Crippen molar-refractivity contribution in [2.45, 2.75) is 54.9 Å². The largest absolute Gasteiger partial charge is 0.463 e. The standard InChI is InChI=1S/C15H29NO4S/c1-13(2,3)10-15(7,14(4,5)6)11(17)19-9-8-16-12(18)20-21/h21H,8-10H2,1-7H3,(H,16,18). The summed E-state index contributed by atoms with van der Waals surface area (Å²) in [7, 11) is 0. The van der Waals surface area contributed by atoms with E-state index in [1.54, 1.807) is 0 Å². The van der Waals surface area contributed by atoms with Crippen LogP contribution in [0.1, 0.15) is 54.9 Å². The maximum absolute atomic E-state index is 12.5. The van der Waals surface area contributed by atoms with E-state index in [1.807, 2.05) is 27.7 Å². The molecule has 124 valence electrons. The lowest BCUT2D eigenvalue weighted by molar-refractivity contribution is -0.164. The number of esters is 1. The van der Waals surface area contributed by atoms with Crippen LogP contribution >= 0.6 is 12.9 Å². The molecule has 1 amide bonds. The zero-order valence-corrected chi connectivity index (χ0v) is 15.1. The van der Waals surface area contributed by atoms with Crippen LogP contribution in [0, 0.1) is 16.2 Å². The van der Waals surface area contributed by atoms with Gasteiger partial charge in [0, 0.05) is 12.9 Å². The molecule has 0 heterocycles. The minimum Gasteiger partial charge on any atom is -0.463 e. The van der Waals surface area contributed by atoms with Crippen molar-refractivity contribution in [1.29, 1.82) is 0 Å². The van der Waals surface area contributed by atoms with E-state index in [4.69, 9.17) is 4.74 Å². The molecule has 6 heteroatoms. The first-order valence-electron chi connectivity index (χ1n) is 7.10. The van der Waals surface area contributed by atoms with E-state index in [0.29, 0.717) is 6.42 Å². The molecule has 0 aromatic rings. The highest BCUT2D eigenvalue weighted by molar-refractivity contribution is 7.75. The van der Waals surface area contributed by atoms with E-state index >= 15 is 0 Å². The van der Waals surface area contributed by atoms with Gasteiger partial charge in [-0.05, 0) is 24.2 Å². The lowest BCUT2D eigenvalue weighted by Gasteiger charge is -2.43. The zero-order valence-electron chi connectivity index (χ0n) is 14.2. The molecule has 0 aliphatic carbocycles. The number of hydrogen-bond acceptors (Lipinski definition) is 5. The van der Waals surface area contributed by atoms with Crippen LogP contribution in [-0.4, -0.2) is 25.2 Å². The molecular weight excluding hydrogens is 290 g/mol. The fourth-order valence-electron chi connectivity index (χ4n) is 2.19. The van der Waals surface area contributed by atoms with Crippen molar-refractivity contribution in [3.05, 3.63) is 0 Å². The highest BCUT2D eigenvalue weighted by atomic mass is 32.1. The van der Waals surface area contributed by atoms with Gasteiger partial charge in [-0.15, -0.1) is 0 Å². The molecule has 0 fully saturated rings. The summed E-state index contributed by atoms with van der Waals surface area (Å²) in [6.45, 7) is 14.7. The third-order valence-electron chi connectivity index (χ3n) is 3.68. The molecule has 0 bridgehead atoms. The van der Waals surface area contributed by atoms with Crippen LogP contribution in [0.2, 0.25) is 0 Å². The van der Waals surface area contributed by atoms with Crippen LogP contribution < -0.4 is 5.32 Å². The number of thiol groups is 1. The summed E-state index contributed by atoms with van der Waals surface area (Å²) in [4.78, 5) is 23.4. The number of nitrogens with one attached hydrogen (secondary N) is 1. The maximum atomic E-state index is 12.5. The van der Waals surface area contributed by atoms with Crippen LogP contribution in [-0.2, 0) is 13.7 Å². The minimum absolute atomic E-state index is 0.00906. The number of amides is 1. The first-order chi connectivity index (χ1) is 9.33. The summed E-state index contributed by atoms with van der Waals surface area (Å²) in [6.07, 6.45) is 0.0525. The molecule has 0 saturated carbocycles. The van der Waals surface area contributed by atoms with Crippen molar-refractivity contribution in [1.82, 2.24) is 5.32 Å². The second-order valence-electron chi connectivity index (χ2n) is 7.76. The van der Waals surface area contributed by atoms with E-state index in [9.17, 15) is 9.59 Å². The Morgan fingerprint density at radius 3 is 1.95 bits per heavy atom. The monoisotopic (exact) mass is 319 g/mol. The van der Waals surface area contributed by atoms with Gasteiger partial charge in [0.05, 0.1) is 12.0 Å². The third-order valence-corrected chi connectivity index (χ3v) is 3.84. The van der Waals surface area contributed by atoms with Crippen LogP contribution in [0.15, 0.2) is 0 Å². The molecule has 1 unspecified atom stereocenters. The van der Waals surface area contributed by atoms with Crippen LogP contribution in [0.3, 0.4) is 0 Å². The zero-order chi connectivity index (χ0) is 16.9. The van der Waals surface area contributed by atoms with Crippen LogP contribution in [0.5, 0.6) is 0 Å². The molecule has 0 aromatic carbocycles. The average Bonchev–Trinajstić information content (AvgIpc) is 2.30. The Balaban J connectivity index is 4.73. The summed E-state index contributed by atoms with van der Waals surface area (Å²) in [5.41, 5.74) is -0.820. The van der Waals surface area contributed by atoms with Crippen molar-refractivity contribution < 1.29 is 18.5 Å². The lowest BCUT2D eigenvalue weighted by Crippen LogP contribution is -2.45. The molecule has 0 spiro atoms. The Morgan fingerprint density at radius 1 is 1.05 bits per heavy atom. The van der Waals surface area contributed by atoms with Gasteiger partial charge in [0.1, 0.15) is 6.61 Å². The van der Waals surface area contributed by atoms with Crippen LogP contribution in [0.4, 0.5) is 4.79 Å². The Labute approximate surface area is 133 Å². The number of ether oxygens (including phenoxy) is 1. The molecule has 21 heavy (non-hydrogen) atoms. The lowest BCUT2D eigenvalue weighted by atomic mass is 9.61. The molecule has 1 atom stereocenters. The van der Waals surface area contributed by atoms with E-state index in [1.165, 1.54) is 0 Å². The molecular formula is C15H29NO4S. The summed E-state index contributed by atoms with van der Waals surface area (Å²) in [6, 6.07) is 0. The van der Waals surface area contributed by atoms with Gasteiger partial charge in [0.2, 0.25) is 0 Å². The van der Waals surface area contributed by atoms with Crippen molar-refractivity contribution >= 4 is 25.0 Å². The van der Waals surface area contributed by atoms with Gasteiger partial charge in [-0.25, -0.2) is 4.79 Å². The molecule has 0 rings (SSSR count). The van der Waals surface area contributed by atoms with Gasteiger partial charge < -0.3 is 14.2 Å². The topological polar surface area (TPSA) is 64.6 Å². The molecule has 0 radical (unpaired) electrons. The summed E-state index contributed by atoms with van der Waals surface area (Å²) in [5.74, 6) is -0.244. The molecule has 1 N–H and O–H groups in total. The Kier molecular flexibility index (Phi) is 7.06. The minimum atomic E-state index is -0.664. The second kappa shape index (κ2) is 7.38. The fourth-order valence-corrected chi connectivity index (χ4v) is 2.26. The number of carbonyl (C=O) groups is 2. The van der Waals surface area contributed by atoms with Gasteiger partial charge in [-0.1, -0.05) is 41.5 Å². The predicted molar refractivity (Wildman–Crippen MR) is 86.1 cm³/mol. The molecule has 0 aliphatic heterocycles. The SMILES string of the molecule is CC(C)(C)CC(C)(C(=O)OCCNC(=O)OS)C(C)(C)C. The van der Waals surface area contributed by atoms with Gasteiger partial charge in [-0.3, -0.25) is 4.79 Å². The molecule has 0 aliphatic rings. The van der Waals surface area contributed by atoms with Crippen LogP contribution in [0.25, 0.3) is 0 Å². The summed E-state index contributed by atoms with van der Waals surface area (Å²) in [5, 5.41) is 2.41. The average molecular weight is 319 g/mol. The Hall–Kier alpha value is -0.910.